The standard InChI is InChI=1S/C32H36Cl4N2O7/c1-6-42-29(40)28-25(21-7-10-24(11-8-21)43-13-14-44-27-12-9-22(33)15-19(27)2)16-23-17-37(20(3)39)18-26(28)38(23)30(41)45-31(4,5)32(34,35)36/h7-12,15,23,26H,6,13-14,16-18H2,1-5H3. The first-order chi connectivity index (χ1) is 21.1. The Morgan fingerprint density at radius 2 is 1.64 bits per heavy atom. The monoisotopic (exact) mass is 700 g/mol. The molecule has 0 aromatic heterocycles. The highest BCUT2D eigenvalue weighted by molar-refractivity contribution is 6.68. The number of esters is 1. The minimum absolute atomic E-state index is 0.0705. The summed E-state index contributed by atoms with van der Waals surface area (Å²) >= 11 is 24.3. The zero-order chi connectivity index (χ0) is 33.1. The van der Waals surface area contributed by atoms with E-state index in [1.54, 1.807) is 30.0 Å². The Labute approximate surface area is 283 Å². The molecule has 2 aliphatic rings. The lowest BCUT2D eigenvalue weighted by Gasteiger charge is -2.50. The molecule has 1 fully saturated rings. The number of aryl methyl sites for hydroxylation is 1. The van der Waals surface area contributed by atoms with E-state index >= 15 is 0 Å². The number of rotatable bonds is 9. The summed E-state index contributed by atoms with van der Waals surface area (Å²) in [5.41, 5.74) is 1.19. The van der Waals surface area contributed by atoms with Crippen LogP contribution in [0.25, 0.3) is 5.57 Å². The van der Waals surface area contributed by atoms with Crippen molar-refractivity contribution >= 4 is 69.9 Å². The van der Waals surface area contributed by atoms with Crippen LogP contribution in [0.2, 0.25) is 5.02 Å². The van der Waals surface area contributed by atoms with Crippen molar-refractivity contribution in [3.05, 3.63) is 64.2 Å². The molecule has 0 saturated carbocycles. The Morgan fingerprint density at radius 1 is 0.978 bits per heavy atom. The molecule has 45 heavy (non-hydrogen) atoms. The Morgan fingerprint density at radius 3 is 2.24 bits per heavy atom. The molecule has 9 nitrogen and oxygen atoms in total. The Hall–Kier alpha value is -2.85. The van der Waals surface area contributed by atoms with Gasteiger partial charge in [0, 0.05) is 25.0 Å². The van der Waals surface area contributed by atoms with Crippen molar-refractivity contribution in [2.24, 2.45) is 0 Å². The lowest BCUT2D eigenvalue weighted by atomic mass is 9.82. The second-order valence-corrected chi connectivity index (χ2v) is 14.0. The number of halogens is 4. The zero-order valence-corrected chi connectivity index (χ0v) is 28.7. The number of benzene rings is 2. The minimum atomic E-state index is -1.91. The van der Waals surface area contributed by atoms with Crippen molar-refractivity contribution < 1.29 is 33.3 Å². The molecular weight excluding hydrogens is 666 g/mol. The van der Waals surface area contributed by atoms with Crippen molar-refractivity contribution in [2.45, 2.75) is 62.5 Å². The fraction of sp³-hybridized carbons (Fsp3) is 0.469. The van der Waals surface area contributed by atoms with E-state index in [2.05, 4.69) is 0 Å². The lowest BCUT2D eigenvalue weighted by molar-refractivity contribution is -0.142. The summed E-state index contributed by atoms with van der Waals surface area (Å²) in [7, 11) is 0. The van der Waals surface area contributed by atoms with Gasteiger partial charge in [-0.15, -0.1) is 0 Å². The average Bonchev–Trinajstić information content (AvgIpc) is 2.94. The summed E-state index contributed by atoms with van der Waals surface area (Å²) in [5.74, 6) is 0.584. The van der Waals surface area contributed by atoms with Gasteiger partial charge in [0.2, 0.25) is 9.70 Å². The van der Waals surface area contributed by atoms with Gasteiger partial charge in [0.25, 0.3) is 0 Å². The number of carbonyl (C=O) groups excluding carboxylic acids is 3. The molecular formula is C32H36Cl4N2O7. The second kappa shape index (κ2) is 14.3. The number of ether oxygens (including phenoxy) is 4. The molecule has 2 bridgehead atoms. The van der Waals surface area contributed by atoms with Crippen LogP contribution in [0.5, 0.6) is 11.5 Å². The molecule has 13 heteroatoms. The van der Waals surface area contributed by atoms with Gasteiger partial charge in [0.1, 0.15) is 24.7 Å². The fourth-order valence-corrected chi connectivity index (χ4v) is 5.69. The van der Waals surface area contributed by atoms with E-state index in [0.717, 1.165) is 16.9 Å². The van der Waals surface area contributed by atoms with Gasteiger partial charge in [-0.2, -0.15) is 0 Å². The van der Waals surface area contributed by atoms with E-state index in [1.165, 1.54) is 25.7 Å². The molecule has 2 aromatic carbocycles. The summed E-state index contributed by atoms with van der Waals surface area (Å²) in [4.78, 5) is 42.7. The van der Waals surface area contributed by atoms with Crippen LogP contribution in [0.15, 0.2) is 48.0 Å². The Bertz CT molecular complexity index is 1460. The molecule has 2 aliphatic heterocycles. The maximum atomic E-state index is 13.6. The molecule has 2 amide bonds. The van der Waals surface area contributed by atoms with E-state index in [-0.39, 0.29) is 37.6 Å². The van der Waals surface area contributed by atoms with Gasteiger partial charge in [-0.25, -0.2) is 9.59 Å². The predicted octanol–water partition coefficient (Wildman–Crippen LogP) is 7.01. The number of hydrogen-bond donors (Lipinski definition) is 0. The van der Waals surface area contributed by atoms with E-state index < -0.39 is 33.5 Å². The second-order valence-electron chi connectivity index (χ2n) is 11.3. The lowest BCUT2D eigenvalue weighted by Crippen LogP contribution is -2.65. The first kappa shape index (κ1) is 35.0. The van der Waals surface area contributed by atoms with Gasteiger partial charge in [-0.3, -0.25) is 9.69 Å². The van der Waals surface area contributed by atoms with E-state index in [4.69, 9.17) is 65.4 Å². The number of fused-ring (bicyclic) bond motifs is 2. The van der Waals surface area contributed by atoms with Gasteiger partial charge < -0.3 is 23.8 Å². The van der Waals surface area contributed by atoms with Gasteiger partial charge in [0.05, 0.1) is 24.3 Å². The van der Waals surface area contributed by atoms with Gasteiger partial charge in [0.15, 0.2) is 5.60 Å². The van der Waals surface area contributed by atoms with Crippen LogP contribution in [0.4, 0.5) is 4.79 Å². The van der Waals surface area contributed by atoms with Crippen LogP contribution in [-0.2, 0) is 19.1 Å². The molecule has 0 aliphatic carbocycles. The molecule has 0 radical (unpaired) electrons. The number of carbonyl (C=O) groups is 3. The fourth-order valence-electron chi connectivity index (χ4n) is 5.35. The van der Waals surface area contributed by atoms with E-state index in [0.29, 0.717) is 29.6 Å². The molecule has 2 heterocycles. The summed E-state index contributed by atoms with van der Waals surface area (Å²) < 4.78 is 20.9. The molecule has 4 rings (SSSR count). The number of hydrogen-bond acceptors (Lipinski definition) is 7. The maximum Gasteiger partial charge on any atom is 0.411 e. The summed E-state index contributed by atoms with van der Waals surface area (Å²) in [5, 5.41) is 0.645. The van der Waals surface area contributed by atoms with Crippen molar-refractivity contribution in [1.82, 2.24) is 9.80 Å². The van der Waals surface area contributed by atoms with Crippen LogP contribution < -0.4 is 9.47 Å². The average molecular weight is 702 g/mol. The van der Waals surface area contributed by atoms with Crippen molar-refractivity contribution in [1.29, 1.82) is 0 Å². The largest absolute Gasteiger partial charge is 0.490 e. The third-order valence-electron chi connectivity index (χ3n) is 7.78. The van der Waals surface area contributed by atoms with E-state index in [9.17, 15) is 14.4 Å². The first-order valence-electron chi connectivity index (χ1n) is 14.5. The SMILES string of the molecule is CCOC(=O)C1=C(c2ccc(OCCOc3ccc(Cl)cc3C)cc2)CC2CN(C(C)=O)CC1N2C(=O)OC(C)(C)C(Cl)(Cl)Cl. The van der Waals surface area contributed by atoms with Crippen LogP contribution in [0.3, 0.4) is 0 Å². The normalized spacial score (nSPS) is 18.4. The smallest absolute Gasteiger partial charge is 0.411 e. The Kier molecular flexibility index (Phi) is 11.1. The minimum Gasteiger partial charge on any atom is -0.490 e. The number of piperazine rings is 1. The predicted molar refractivity (Wildman–Crippen MR) is 174 cm³/mol. The van der Waals surface area contributed by atoms with Crippen LogP contribution in [0.1, 0.15) is 45.2 Å². The van der Waals surface area contributed by atoms with E-state index in [1.807, 2.05) is 31.2 Å². The van der Waals surface area contributed by atoms with Crippen molar-refractivity contribution in [2.75, 3.05) is 32.9 Å². The molecule has 2 atom stereocenters. The molecule has 2 unspecified atom stereocenters. The van der Waals surface area contributed by atoms with Crippen molar-refractivity contribution in [3.8, 4) is 11.5 Å². The molecule has 0 spiro atoms. The molecule has 244 valence electrons. The molecule has 1 saturated heterocycles. The van der Waals surface area contributed by atoms with Crippen molar-refractivity contribution in [3.63, 3.8) is 0 Å². The third-order valence-corrected chi connectivity index (χ3v) is 9.38. The molecule has 0 N–H and O–H groups in total. The number of amides is 2. The zero-order valence-electron chi connectivity index (χ0n) is 25.7. The number of alkyl halides is 3. The quantitative estimate of drug-likeness (QED) is 0.158. The highest BCUT2D eigenvalue weighted by Crippen LogP contribution is 2.43. The third kappa shape index (κ3) is 8.12. The van der Waals surface area contributed by atoms with Crippen LogP contribution in [0, 0.1) is 6.92 Å². The highest BCUT2D eigenvalue weighted by Gasteiger charge is 2.51. The van der Waals surface area contributed by atoms with Gasteiger partial charge in [-0.05, 0) is 81.1 Å². The van der Waals surface area contributed by atoms with Crippen LogP contribution in [-0.4, -0.2) is 82.2 Å². The highest BCUT2D eigenvalue weighted by atomic mass is 35.6. The summed E-state index contributed by atoms with van der Waals surface area (Å²) in [6.45, 7) is 9.12. The van der Waals surface area contributed by atoms with Crippen LogP contribution >= 0.6 is 46.4 Å². The number of nitrogens with zero attached hydrogens (tertiary/aromatic N) is 2. The topological polar surface area (TPSA) is 94.6 Å². The first-order valence-corrected chi connectivity index (χ1v) is 16.0. The summed E-state index contributed by atoms with van der Waals surface area (Å²) in [6, 6.07) is 11.4. The Balaban J connectivity index is 1.59. The maximum absolute atomic E-state index is 13.6. The summed E-state index contributed by atoms with van der Waals surface area (Å²) in [6.07, 6.45) is -0.503. The molecule has 2 aromatic rings. The van der Waals surface area contributed by atoms with Gasteiger partial charge >= 0.3 is 12.1 Å². The van der Waals surface area contributed by atoms with Gasteiger partial charge in [-0.1, -0.05) is 58.5 Å².